The van der Waals surface area contributed by atoms with Crippen LogP contribution in [-0.2, 0) is 4.74 Å². The highest BCUT2D eigenvalue weighted by Gasteiger charge is 2.17. The van der Waals surface area contributed by atoms with Gasteiger partial charge in [0.25, 0.3) is 0 Å². The lowest BCUT2D eigenvalue weighted by atomic mass is 10.1. The Balaban J connectivity index is 2.02. The standard InChI is InChI=1S/C13H26N2O/c1-11(2)7-9-16-10-8-15-13(14)12-5-3-4-6-12/h11-12H,3-10H2,1-2H3,(H2,14,15). The van der Waals surface area contributed by atoms with E-state index in [1.807, 2.05) is 0 Å². The van der Waals surface area contributed by atoms with E-state index >= 15 is 0 Å². The number of amidine groups is 1. The normalized spacial score (nSPS) is 18.6. The summed E-state index contributed by atoms with van der Waals surface area (Å²) in [6.45, 7) is 6.69. The van der Waals surface area contributed by atoms with Gasteiger partial charge >= 0.3 is 0 Å². The molecule has 2 N–H and O–H groups in total. The zero-order chi connectivity index (χ0) is 11.8. The SMILES string of the molecule is CC(C)CCOCCN=C(N)C1CCCC1. The van der Waals surface area contributed by atoms with E-state index in [2.05, 4.69) is 18.8 Å². The molecule has 94 valence electrons. The Morgan fingerprint density at radius 2 is 2.00 bits per heavy atom. The lowest BCUT2D eigenvalue weighted by molar-refractivity contribution is 0.130. The van der Waals surface area contributed by atoms with Crippen LogP contribution in [0.1, 0.15) is 46.0 Å². The number of hydrogen-bond donors (Lipinski definition) is 1. The molecule has 0 atom stereocenters. The molecule has 3 heteroatoms. The number of ether oxygens (including phenoxy) is 1. The minimum atomic E-state index is 0.552. The van der Waals surface area contributed by atoms with Gasteiger partial charge in [-0.2, -0.15) is 0 Å². The molecule has 0 aromatic rings. The number of aliphatic imine (C=N–C) groups is 1. The van der Waals surface area contributed by atoms with Crippen LogP contribution in [0.5, 0.6) is 0 Å². The number of nitrogens with zero attached hydrogens (tertiary/aromatic N) is 1. The number of nitrogens with two attached hydrogens (primary N) is 1. The fourth-order valence-corrected chi connectivity index (χ4v) is 2.01. The first kappa shape index (κ1) is 13.5. The maximum atomic E-state index is 5.94. The second-order valence-corrected chi connectivity index (χ2v) is 5.08. The van der Waals surface area contributed by atoms with Gasteiger partial charge in [-0.15, -0.1) is 0 Å². The van der Waals surface area contributed by atoms with Crippen LogP contribution in [0, 0.1) is 11.8 Å². The van der Waals surface area contributed by atoms with Crippen LogP contribution < -0.4 is 5.73 Å². The van der Waals surface area contributed by atoms with Crippen molar-refractivity contribution in [2.24, 2.45) is 22.6 Å². The molecule has 0 unspecified atom stereocenters. The third-order valence-electron chi connectivity index (χ3n) is 3.14. The van der Waals surface area contributed by atoms with Gasteiger partial charge in [0.1, 0.15) is 0 Å². The van der Waals surface area contributed by atoms with E-state index in [0.717, 1.165) is 25.4 Å². The van der Waals surface area contributed by atoms with Gasteiger partial charge in [0.2, 0.25) is 0 Å². The zero-order valence-electron chi connectivity index (χ0n) is 10.7. The van der Waals surface area contributed by atoms with Crippen molar-refractivity contribution in [3.63, 3.8) is 0 Å². The molecule has 0 amide bonds. The van der Waals surface area contributed by atoms with Gasteiger partial charge < -0.3 is 10.5 Å². The van der Waals surface area contributed by atoms with Gasteiger partial charge in [0, 0.05) is 12.5 Å². The van der Waals surface area contributed by atoms with Crippen LogP contribution in [0.4, 0.5) is 0 Å². The largest absolute Gasteiger partial charge is 0.387 e. The summed E-state index contributed by atoms with van der Waals surface area (Å²) in [5, 5.41) is 0. The quantitative estimate of drug-likeness (QED) is 0.412. The van der Waals surface area contributed by atoms with Gasteiger partial charge in [-0.25, -0.2) is 0 Å². The van der Waals surface area contributed by atoms with E-state index in [9.17, 15) is 0 Å². The van der Waals surface area contributed by atoms with E-state index < -0.39 is 0 Å². The molecule has 0 aromatic heterocycles. The molecule has 0 aromatic carbocycles. The van der Waals surface area contributed by atoms with Gasteiger partial charge in [-0.1, -0.05) is 26.7 Å². The lowest BCUT2D eigenvalue weighted by Gasteiger charge is -2.08. The van der Waals surface area contributed by atoms with E-state index in [4.69, 9.17) is 10.5 Å². The van der Waals surface area contributed by atoms with E-state index in [-0.39, 0.29) is 0 Å². The second kappa shape index (κ2) is 7.66. The van der Waals surface area contributed by atoms with Gasteiger partial charge in [-0.05, 0) is 25.2 Å². The van der Waals surface area contributed by atoms with E-state index in [0.29, 0.717) is 18.4 Å². The Morgan fingerprint density at radius 3 is 2.62 bits per heavy atom. The zero-order valence-corrected chi connectivity index (χ0v) is 10.7. The molecule has 0 saturated heterocycles. The van der Waals surface area contributed by atoms with Gasteiger partial charge in [0.15, 0.2) is 0 Å². The molecule has 3 nitrogen and oxygen atoms in total. The summed E-state index contributed by atoms with van der Waals surface area (Å²) < 4.78 is 5.49. The van der Waals surface area contributed by atoms with Crippen LogP contribution in [0.25, 0.3) is 0 Å². The molecule has 16 heavy (non-hydrogen) atoms. The van der Waals surface area contributed by atoms with Crippen molar-refractivity contribution in [3.05, 3.63) is 0 Å². The van der Waals surface area contributed by atoms with Crippen molar-refractivity contribution in [3.8, 4) is 0 Å². The first-order valence-corrected chi connectivity index (χ1v) is 6.57. The Labute approximate surface area is 99.5 Å². The molecule has 0 aliphatic heterocycles. The summed E-state index contributed by atoms with van der Waals surface area (Å²) in [5.74, 6) is 2.12. The average Bonchev–Trinajstić information content (AvgIpc) is 2.75. The number of rotatable bonds is 7. The van der Waals surface area contributed by atoms with E-state index in [1.165, 1.54) is 25.7 Å². The first-order valence-electron chi connectivity index (χ1n) is 6.57. The molecule has 1 aliphatic carbocycles. The Hall–Kier alpha value is -0.570. The molecule has 1 aliphatic rings. The molecule has 0 heterocycles. The fourth-order valence-electron chi connectivity index (χ4n) is 2.01. The third kappa shape index (κ3) is 5.50. The smallest absolute Gasteiger partial charge is 0.0969 e. The maximum absolute atomic E-state index is 5.94. The highest BCUT2D eigenvalue weighted by molar-refractivity contribution is 5.83. The molecule has 0 bridgehead atoms. The minimum Gasteiger partial charge on any atom is -0.387 e. The summed E-state index contributed by atoms with van der Waals surface area (Å²) in [7, 11) is 0. The summed E-state index contributed by atoms with van der Waals surface area (Å²) in [5.41, 5.74) is 5.94. The first-order chi connectivity index (χ1) is 7.70. The second-order valence-electron chi connectivity index (χ2n) is 5.08. The van der Waals surface area contributed by atoms with Gasteiger partial charge in [0.05, 0.1) is 19.0 Å². The summed E-state index contributed by atoms with van der Waals surface area (Å²) >= 11 is 0. The van der Waals surface area contributed by atoms with Crippen LogP contribution >= 0.6 is 0 Å². The Kier molecular flexibility index (Phi) is 6.46. The fraction of sp³-hybridized carbons (Fsp3) is 0.923. The van der Waals surface area contributed by atoms with Crippen molar-refractivity contribution >= 4 is 5.84 Å². The Morgan fingerprint density at radius 1 is 1.31 bits per heavy atom. The van der Waals surface area contributed by atoms with Crippen molar-refractivity contribution in [2.75, 3.05) is 19.8 Å². The molecule has 0 radical (unpaired) electrons. The molecule has 1 fully saturated rings. The molecule has 0 spiro atoms. The van der Waals surface area contributed by atoms with Crippen LogP contribution in [0.3, 0.4) is 0 Å². The number of hydrogen-bond acceptors (Lipinski definition) is 2. The molecular weight excluding hydrogens is 200 g/mol. The van der Waals surface area contributed by atoms with Gasteiger partial charge in [-0.3, -0.25) is 4.99 Å². The van der Waals surface area contributed by atoms with E-state index in [1.54, 1.807) is 0 Å². The predicted octanol–water partition coefficient (Wildman–Crippen LogP) is 2.60. The van der Waals surface area contributed by atoms with Crippen molar-refractivity contribution in [1.82, 2.24) is 0 Å². The van der Waals surface area contributed by atoms with Crippen molar-refractivity contribution in [2.45, 2.75) is 46.0 Å². The monoisotopic (exact) mass is 226 g/mol. The summed E-state index contributed by atoms with van der Waals surface area (Å²) in [6.07, 6.45) is 6.20. The average molecular weight is 226 g/mol. The molecular formula is C13H26N2O. The minimum absolute atomic E-state index is 0.552. The lowest BCUT2D eigenvalue weighted by Crippen LogP contribution is -2.22. The summed E-state index contributed by atoms with van der Waals surface area (Å²) in [6, 6.07) is 0. The van der Waals surface area contributed by atoms with Crippen molar-refractivity contribution < 1.29 is 4.74 Å². The molecule has 1 rings (SSSR count). The van der Waals surface area contributed by atoms with Crippen LogP contribution in [0.15, 0.2) is 4.99 Å². The highest BCUT2D eigenvalue weighted by Crippen LogP contribution is 2.24. The van der Waals surface area contributed by atoms with Crippen LogP contribution in [0.2, 0.25) is 0 Å². The topological polar surface area (TPSA) is 47.6 Å². The Bertz CT molecular complexity index is 208. The highest BCUT2D eigenvalue weighted by atomic mass is 16.5. The molecule has 1 saturated carbocycles. The maximum Gasteiger partial charge on any atom is 0.0969 e. The van der Waals surface area contributed by atoms with Crippen LogP contribution in [-0.4, -0.2) is 25.6 Å². The summed E-state index contributed by atoms with van der Waals surface area (Å²) in [4.78, 5) is 4.39. The third-order valence-corrected chi connectivity index (χ3v) is 3.14. The van der Waals surface area contributed by atoms with Crippen molar-refractivity contribution in [1.29, 1.82) is 0 Å². The predicted molar refractivity (Wildman–Crippen MR) is 68.7 cm³/mol.